The molecule has 0 radical (unpaired) electrons. The number of hydrogen-bond donors (Lipinski definition) is 3. The lowest BCUT2D eigenvalue weighted by molar-refractivity contribution is -0.155. The second-order valence-corrected chi connectivity index (χ2v) is 13.7. The summed E-state index contributed by atoms with van der Waals surface area (Å²) >= 11 is 0. The topological polar surface area (TPSA) is 169 Å². The van der Waals surface area contributed by atoms with E-state index in [0.29, 0.717) is 19.3 Å². The molecular weight excluding hydrogens is 656 g/mol. The largest absolute Gasteiger partial charge is 0.467 e. The van der Waals surface area contributed by atoms with E-state index in [1.165, 1.54) is 12.0 Å². The Morgan fingerprint density at radius 3 is 2.10 bits per heavy atom. The Balaban J connectivity index is 1.79. The van der Waals surface area contributed by atoms with E-state index in [0.717, 1.165) is 11.1 Å². The summed E-state index contributed by atoms with van der Waals surface area (Å²) in [6, 6.07) is 14.0. The van der Waals surface area contributed by atoms with Gasteiger partial charge in [0.1, 0.15) is 36.4 Å². The Morgan fingerprint density at radius 2 is 1.51 bits per heavy atom. The molecule has 0 aliphatic carbocycles. The number of benzene rings is 2. The van der Waals surface area contributed by atoms with Crippen LogP contribution < -0.4 is 16.0 Å². The molecule has 5 atom stereocenters. The molecule has 13 nitrogen and oxygen atoms in total. The van der Waals surface area contributed by atoms with Crippen LogP contribution in [0.1, 0.15) is 77.8 Å². The molecule has 0 bridgehead atoms. The molecule has 1 aliphatic heterocycles. The predicted molar refractivity (Wildman–Crippen MR) is 189 cm³/mol. The highest BCUT2D eigenvalue weighted by atomic mass is 16.6. The molecule has 2 aromatic carbocycles. The van der Waals surface area contributed by atoms with Crippen molar-refractivity contribution in [2.24, 2.45) is 5.92 Å². The van der Waals surface area contributed by atoms with Crippen molar-refractivity contribution in [1.29, 1.82) is 0 Å². The summed E-state index contributed by atoms with van der Waals surface area (Å²) < 4.78 is 15.7. The Bertz CT molecular complexity index is 1480. The van der Waals surface area contributed by atoms with Crippen LogP contribution in [-0.2, 0) is 51.2 Å². The van der Waals surface area contributed by atoms with Crippen molar-refractivity contribution in [3.63, 3.8) is 0 Å². The van der Waals surface area contributed by atoms with Gasteiger partial charge in [-0.05, 0) is 57.1 Å². The molecule has 0 unspecified atom stereocenters. The van der Waals surface area contributed by atoms with Crippen LogP contribution in [-0.4, -0.2) is 84.1 Å². The molecule has 1 heterocycles. The number of carbonyl (C=O) groups excluding carboxylic acids is 6. The third-order valence-electron chi connectivity index (χ3n) is 8.58. The number of hydrogen-bond acceptors (Lipinski definition) is 9. The molecule has 3 N–H and O–H groups in total. The summed E-state index contributed by atoms with van der Waals surface area (Å²) in [6.07, 6.45) is 0.424. The first-order chi connectivity index (χ1) is 24.2. The van der Waals surface area contributed by atoms with Gasteiger partial charge in [0.15, 0.2) is 0 Å². The van der Waals surface area contributed by atoms with Crippen LogP contribution in [0, 0.1) is 5.92 Å². The zero-order valence-corrected chi connectivity index (χ0v) is 30.4. The molecule has 1 fully saturated rings. The van der Waals surface area contributed by atoms with E-state index < -0.39 is 65.5 Å². The molecule has 1 saturated heterocycles. The van der Waals surface area contributed by atoms with Gasteiger partial charge in [-0.1, -0.05) is 80.9 Å². The number of nitrogens with zero attached hydrogens (tertiary/aromatic N) is 1. The van der Waals surface area contributed by atoms with Crippen molar-refractivity contribution in [3.8, 4) is 0 Å². The number of carbonyl (C=O) groups is 6. The van der Waals surface area contributed by atoms with Gasteiger partial charge in [-0.2, -0.15) is 0 Å². The summed E-state index contributed by atoms with van der Waals surface area (Å²) in [5.74, 6) is -3.29. The highest BCUT2D eigenvalue weighted by Gasteiger charge is 2.40. The molecular formula is C38H52N4O9. The number of ether oxygens (including phenoxy) is 3. The van der Waals surface area contributed by atoms with Crippen LogP contribution in [0.15, 0.2) is 60.7 Å². The SMILES string of the molecule is CC[C@H](C)[C@H](NC(=O)OCc1ccccc1)C(=O)N[C@@H](CCC(=O)OC(C)(C)C)C(=O)N1CCC[C@H]1C(=O)N[C@@H](Cc1ccccc1)C(=O)OC. The molecule has 2 aromatic rings. The van der Waals surface area contributed by atoms with Gasteiger partial charge in [-0.3, -0.25) is 19.2 Å². The van der Waals surface area contributed by atoms with Gasteiger partial charge in [0, 0.05) is 19.4 Å². The monoisotopic (exact) mass is 708 g/mol. The van der Waals surface area contributed by atoms with Crippen molar-refractivity contribution in [1.82, 2.24) is 20.9 Å². The minimum absolute atomic E-state index is 0.000879. The van der Waals surface area contributed by atoms with Gasteiger partial charge in [0.05, 0.1) is 7.11 Å². The van der Waals surface area contributed by atoms with Gasteiger partial charge in [-0.15, -0.1) is 0 Å². The fraction of sp³-hybridized carbons (Fsp3) is 0.526. The molecule has 51 heavy (non-hydrogen) atoms. The zero-order valence-electron chi connectivity index (χ0n) is 30.4. The van der Waals surface area contributed by atoms with Gasteiger partial charge in [0.2, 0.25) is 17.7 Å². The third-order valence-corrected chi connectivity index (χ3v) is 8.58. The van der Waals surface area contributed by atoms with E-state index >= 15 is 0 Å². The average molecular weight is 709 g/mol. The first-order valence-electron chi connectivity index (χ1n) is 17.4. The highest BCUT2D eigenvalue weighted by Crippen LogP contribution is 2.21. The van der Waals surface area contributed by atoms with E-state index in [1.54, 1.807) is 39.8 Å². The van der Waals surface area contributed by atoms with Gasteiger partial charge in [0.25, 0.3) is 0 Å². The van der Waals surface area contributed by atoms with Crippen molar-refractivity contribution >= 4 is 35.8 Å². The first-order valence-corrected chi connectivity index (χ1v) is 17.4. The summed E-state index contributed by atoms with van der Waals surface area (Å²) in [6.45, 7) is 9.03. The van der Waals surface area contributed by atoms with E-state index in [2.05, 4.69) is 16.0 Å². The Hall–Kier alpha value is -4.94. The average Bonchev–Trinajstić information content (AvgIpc) is 3.60. The Morgan fingerprint density at radius 1 is 0.882 bits per heavy atom. The molecule has 13 heteroatoms. The van der Waals surface area contributed by atoms with Crippen LogP contribution in [0.5, 0.6) is 0 Å². The molecule has 4 amide bonds. The standard InChI is InChI=1S/C38H52N4O9/c1-7-25(2)32(41-37(48)50-24-27-17-12-9-13-18-27)34(45)39-28(20-21-31(43)51-38(3,4)5)35(46)42-22-14-19-30(42)33(44)40-29(36(47)49-6)23-26-15-10-8-11-16-26/h8-13,15-18,25,28-30,32H,7,14,19-24H2,1-6H3,(H,39,45)(H,40,44)(H,41,48)/t25-,28-,29-,30-,32-/m0/s1. The number of rotatable bonds is 16. The maximum absolute atomic E-state index is 14.2. The summed E-state index contributed by atoms with van der Waals surface area (Å²) in [5, 5.41) is 8.14. The fourth-order valence-electron chi connectivity index (χ4n) is 5.72. The second-order valence-electron chi connectivity index (χ2n) is 13.7. The van der Waals surface area contributed by atoms with Crippen LogP contribution in [0.25, 0.3) is 0 Å². The van der Waals surface area contributed by atoms with Crippen LogP contribution in [0.2, 0.25) is 0 Å². The molecule has 1 aliphatic rings. The maximum atomic E-state index is 14.2. The molecule has 0 saturated carbocycles. The van der Waals surface area contributed by atoms with Gasteiger partial charge < -0.3 is 35.1 Å². The van der Waals surface area contributed by atoms with Crippen LogP contribution in [0.4, 0.5) is 4.79 Å². The number of alkyl carbamates (subject to hydrolysis) is 1. The Labute approximate surface area is 300 Å². The smallest absolute Gasteiger partial charge is 0.408 e. The van der Waals surface area contributed by atoms with Crippen molar-refractivity contribution in [2.45, 2.75) is 110 Å². The van der Waals surface area contributed by atoms with Gasteiger partial charge in [-0.25, -0.2) is 9.59 Å². The molecule has 3 rings (SSSR count). The minimum Gasteiger partial charge on any atom is -0.467 e. The number of amides is 4. The minimum atomic E-state index is -1.23. The van der Waals surface area contributed by atoms with E-state index in [4.69, 9.17) is 14.2 Å². The number of methoxy groups -OCH3 is 1. The number of nitrogens with one attached hydrogen (secondary N) is 3. The maximum Gasteiger partial charge on any atom is 0.408 e. The summed E-state index contributed by atoms with van der Waals surface area (Å²) in [7, 11) is 1.24. The van der Waals surface area contributed by atoms with Crippen LogP contribution >= 0.6 is 0 Å². The Kier molecular flexibility index (Phi) is 15.4. The quantitative estimate of drug-likeness (QED) is 0.173. The second kappa shape index (κ2) is 19.5. The lowest BCUT2D eigenvalue weighted by atomic mass is 9.97. The zero-order chi connectivity index (χ0) is 37.6. The van der Waals surface area contributed by atoms with E-state index in [1.807, 2.05) is 55.5 Å². The highest BCUT2D eigenvalue weighted by molar-refractivity contribution is 5.95. The first kappa shape index (κ1) is 40.5. The van der Waals surface area contributed by atoms with Crippen molar-refractivity contribution in [3.05, 3.63) is 71.8 Å². The van der Waals surface area contributed by atoms with Crippen molar-refractivity contribution < 1.29 is 43.0 Å². The molecule has 0 spiro atoms. The van der Waals surface area contributed by atoms with E-state index in [9.17, 15) is 28.8 Å². The molecule has 278 valence electrons. The summed E-state index contributed by atoms with van der Waals surface area (Å²) in [4.78, 5) is 81.1. The fourth-order valence-corrected chi connectivity index (χ4v) is 5.72. The predicted octanol–water partition coefficient (Wildman–Crippen LogP) is 3.83. The molecule has 0 aromatic heterocycles. The van der Waals surface area contributed by atoms with Crippen LogP contribution in [0.3, 0.4) is 0 Å². The number of esters is 2. The lowest BCUT2D eigenvalue weighted by Crippen LogP contribution is -2.58. The summed E-state index contributed by atoms with van der Waals surface area (Å²) in [5.41, 5.74) is 0.817. The number of likely N-dealkylation sites (tertiary alicyclic amines) is 1. The normalized spacial score (nSPS) is 16.5. The van der Waals surface area contributed by atoms with Gasteiger partial charge >= 0.3 is 18.0 Å². The third kappa shape index (κ3) is 13.0. The van der Waals surface area contributed by atoms with Crippen molar-refractivity contribution in [2.75, 3.05) is 13.7 Å². The lowest BCUT2D eigenvalue weighted by Gasteiger charge is -2.31. The van der Waals surface area contributed by atoms with E-state index in [-0.39, 0.29) is 38.3 Å².